The van der Waals surface area contributed by atoms with Gasteiger partial charge in [0.1, 0.15) is 0 Å². The van der Waals surface area contributed by atoms with Crippen LogP contribution in [0, 0.1) is 0 Å². The van der Waals surface area contributed by atoms with Gasteiger partial charge in [0.15, 0.2) is 0 Å². The number of hydrogen-bond donors (Lipinski definition) is 0. The van der Waals surface area contributed by atoms with Gasteiger partial charge >= 0.3 is 166 Å². The molecule has 0 N–H and O–H groups in total. The SMILES string of the molecule is CC(C)(C)N1Cc2cccc[c]2[Bi]([c]2ccccc2)[c]2ccccc2C1. The molecule has 1 heterocycles. The van der Waals surface area contributed by atoms with Crippen molar-refractivity contribution in [2.24, 2.45) is 0 Å². The Morgan fingerprint density at radius 3 is 1.62 bits per heavy atom. The molecule has 1 nitrogen and oxygen atoms in total. The van der Waals surface area contributed by atoms with E-state index in [2.05, 4.69) is 105 Å². The molecule has 1 aliphatic rings. The average Bonchev–Trinajstić information content (AvgIpc) is 2.62. The zero-order valence-corrected chi connectivity index (χ0v) is 19.3. The molecule has 0 bridgehead atoms. The third-order valence-electron chi connectivity index (χ3n) is 5.15. The van der Waals surface area contributed by atoms with Gasteiger partial charge in [-0.2, -0.15) is 0 Å². The standard InChI is InChI=1S/C18H21N.C6H5.Bi/c1-18(2,3)19(14-16-10-6-4-7-11-16)15-17-12-8-5-9-13-17;1-2-4-6-5-3-1;/h4-10,12H,14-15H2,1-3H3;1-5H;. The number of fused-ring (bicyclic) bond motifs is 2. The monoisotopic (exact) mass is 537 g/mol. The Morgan fingerprint density at radius 2 is 1.12 bits per heavy atom. The summed E-state index contributed by atoms with van der Waals surface area (Å²) in [6.45, 7) is 9.06. The van der Waals surface area contributed by atoms with Crippen molar-refractivity contribution in [1.82, 2.24) is 4.90 Å². The van der Waals surface area contributed by atoms with E-state index in [0.29, 0.717) is 0 Å². The van der Waals surface area contributed by atoms with Crippen LogP contribution in [0.2, 0.25) is 0 Å². The Balaban J connectivity index is 1.96. The fourth-order valence-corrected chi connectivity index (χ4v) is 13.8. The third-order valence-corrected chi connectivity index (χ3v) is 15.5. The first-order chi connectivity index (χ1) is 12.5. The fourth-order valence-electron chi connectivity index (χ4n) is 3.65. The van der Waals surface area contributed by atoms with Crippen LogP contribution in [0.5, 0.6) is 0 Å². The Kier molecular flexibility index (Phi) is 4.99. The summed E-state index contributed by atoms with van der Waals surface area (Å²) < 4.78 is 4.84. The van der Waals surface area contributed by atoms with Crippen LogP contribution in [-0.4, -0.2) is 32.2 Å². The fraction of sp³-hybridized carbons (Fsp3) is 0.250. The van der Waals surface area contributed by atoms with Crippen molar-refractivity contribution in [2.75, 3.05) is 0 Å². The zero-order chi connectivity index (χ0) is 18.1. The van der Waals surface area contributed by atoms with Crippen molar-refractivity contribution in [2.45, 2.75) is 39.4 Å². The molecule has 3 aromatic rings. The van der Waals surface area contributed by atoms with Crippen LogP contribution < -0.4 is 9.81 Å². The van der Waals surface area contributed by atoms with Crippen molar-refractivity contribution in [3.05, 3.63) is 90.0 Å². The van der Waals surface area contributed by atoms with Crippen molar-refractivity contribution in [3.8, 4) is 0 Å². The molecule has 0 atom stereocenters. The van der Waals surface area contributed by atoms with E-state index in [-0.39, 0.29) is 5.54 Å². The number of hydrogen-bond acceptors (Lipinski definition) is 1. The Labute approximate surface area is 165 Å². The van der Waals surface area contributed by atoms with Gasteiger partial charge < -0.3 is 0 Å². The van der Waals surface area contributed by atoms with Gasteiger partial charge in [-0.15, -0.1) is 0 Å². The molecule has 0 saturated heterocycles. The molecule has 0 spiro atoms. The van der Waals surface area contributed by atoms with Crippen LogP contribution in [0.25, 0.3) is 0 Å². The number of rotatable bonds is 1. The Bertz CT molecular complexity index is 846. The summed E-state index contributed by atoms with van der Waals surface area (Å²) in [6.07, 6.45) is 0. The number of benzene rings is 3. The third kappa shape index (κ3) is 3.50. The molecular weight excluding hydrogens is 511 g/mol. The van der Waals surface area contributed by atoms with E-state index in [1.807, 2.05) is 0 Å². The summed E-state index contributed by atoms with van der Waals surface area (Å²) >= 11 is -2.28. The first kappa shape index (κ1) is 17.9. The summed E-state index contributed by atoms with van der Waals surface area (Å²) in [6, 6.07) is 29.7. The maximum atomic E-state index is 2.62. The second-order valence-corrected chi connectivity index (χ2v) is 16.3. The van der Waals surface area contributed by atoms with Crippen LogP contribution in [0.4, 0.5) is 0 Å². The zero-order valence-electron chi connectivity index (χ0n) is 15.8. The van der Waals surface area contributed by atoms with E-state index in [1.54, 1.807) is 9.81 Å². The predicted molar refractivity (Wildman–Crippen MR) is 113 cm³/mol. The minimum atomic E-state index is -2.28. The Morgan fingerprint density at radius 1 is 0.654 bits per heavy atom. The molecule has 0 saturated carbocycles. The van der Waals surface area contributed by atoms with E-state index in [0.717, 1.165) is 13.1 Å². The quantitative estimate of drug-likeness (QED) is 0.431. The van der Waals surface area contributed by atoms with Crippen LogP contribution in [-0.2, 0) is 13.1 Å². The molecule has 26 heavy (non-hydrogen) atoms. The first-order valence-corrected chi connectivity index (χ1v) is 14.5. The van der Waals surface area contributed by atoms with Crippen LogP contribution in [0.3, 0.4) is 0 Å². The molecule has 0 amide bonds. The predicted octanol–water partition coefficient (Wildman–Crippen LogP) is 3.32. The summed E-state index contributed by atoms with van der Waals surface area (Å²) in [4.78, 5) is 2.62. The van der Waals surface area contributed by atoms with Crippen molar-refractivity contribution in [3.63, 3.8) is 0 Å². The second kappa shape index (κ2) is 7.25. The molecule has 4 rings (SSSR count). The number of nitrogens with zero attached hydrogens (tertiary/aromatic N) is 1. The van der Waals surface area contributed by atoms with E-state index in [4.69, 9.17) is 0 Å². The van der Waals surface area contributed by atoms with Gasteiger partial charge in [0.2, 0.25) is 0 Å². The summed E-state index contributed by atoms with van der Waals surface area (Å²) in [5, 5.41) is 0. The van der Waals surface area contributed by atoms with Crippen LogP contribution in [0.15, 0.2) is 78.9 Å². The van der Waals surface area contributed by atoms with Gasteiger partial charge in [0.25, 0.3) is 0 Å². The second-order valence-electron chi connectivity index (χ2n) is 7.96. The van der Waals surface area contributed by atoms with Gasteiger partial charge in [-0.3, -0.25) is 0 Å². The molecule has 0 radical (unpaired) electrons. The molecule has 0 unspecified atom stereocenters. The van der Waals surface area contributed by atoms with Gasteiger partial charge in [-0.25, -0.2) is 0 Å². The van der Waals surface area contributed by atoms with Gasteiger partial charge in [0, 0.05) is 0 Å². The van der Waals surface area contributed by atoms with Crippen LogP contribution >= 0.6 is 0 Å². The molecular formula is C24H26BiN. The van der Waals surface area contributed by atoms with E-state index >= 15 is 0 Å². The summed E-state index contributed by atoms with van der Waals surface area (Å²) in [5.41, 5.74) is 3.20. The van der Waals surface area contributed by atoms with Crippen LogP contribution in [0.1, 0.15) is 31.9 Å². The summed E-state index contributed by atoms with van der Waals surface area (Å²) in [7, 11) is 0. The minimum absolute atomic E-state index is 0.147. The normalized spacial score (nSPS) is 15.7. The van der Waals surface area contributed by atoms with E-state index in [1.165, 1.54) is 11.1 Å². The molecule has 1 aliphatic heterocycles. The molecule has 0 aromatic heterocycles. The van der Waals surface area contributed by atoms with Crippen molar-refractivity contribution < 1.29 is 0 Å². The topological polar surface area (TPSA) is 3.24 Å². The first-order valence-electron chi connectivity index (χ1n) is 9.30. The molecule has 2 heteroatoms. The molecule has 132 valence electrons. The Hall–Kier alpha value is -1.50. The molecule has 3 aromatic carbocycles. The van der Waals surface area contributed by atoms with E-state index < -0.39 is 21.8 Å². The summed E-state index contributed by atoms with van der Waals surface area (Å²) in [5.74, 6) is 0. The molecule has 0 fully saturated rings. The maximum absolute atomic E-state index is 2.62. The van der Waals surface area contributed by atoms with E-state index in [9.17, 15) is 0 Å². The van der Waals surface area contributed by atoms with Gasteiger partial charge in [-0.05, 0) is 0 Å². The van der Waals surface area contributed by atoms with Gasteiger partial charge in [-0.1, -0.05) is 0 Å². The van der Waals surface area contributed by atoms with Gasteiger partial charge in [0.05, 0.1) is 0 Å². The average molecular weight is 537 g/mol. The molecule has 0 aliphatic carbocycles. The van der Waals surface area contributed by atoms with Crippen molar-refractivity contribution in [1.29, 1.82) is 0 Å². The van der Waals surface area contributed by atoms with Crippen molar-refractivity contribution >= 4 is 31.6 Å².